The quantitative estimate of drug-likeness (QED) is 0.718. The van der Waals surface area contributed by atoms with E-state index in [4.69, 9.17) is 0 Å². The first-order valence-electron chi connectivity index (χ1n) is 8.53. The average Bonchev–Trinajstić information content (AvgIpc) is 3.13. The number of nitrogens with one attached hydrogen (secondary N) is 1. The molecule has 0 radical (unpaired) electrons. The zero-order valence-electron chi connectivity index (χ0n) is 14.5. The molecule has 146 valence electrons. The first-order valence-corrected chi connectivity index (χ1v) is 8.53. The van der Waals surface area contributed by atoms with Gasteiger partial charge in [-0.05, 0) is 31.0 Å². The second-order valence-corrected chi connectivity index (χ2v) is 6.31. The molecule has 0 saturated carbocycles. The lowest BCUT2D eigenvalue weighted by Crippen LogP contribution is -2.45. The molecular weight excluding hydrogens is 377 g/mol. The fourth-order valence-corrected chi connectivity index (χ4v) is 3.06. The van der Waals surface area contributed by atoms with Crippen molar-refractivity contribution in [1.82, 2.24) is 35.1 Å². The van der Waals surface area contributed by atoms with Gasteiger partial charge < -0.3 is 10.2 Å². The molecule has 3 aromatic heterocycles. The highest BCUT2D eigenvalue weighted by molar-refractivity contribution is 5.92. The zero-order chi connectivity index (χ0) is 19.7. The van der Waals surface area contributed by atoms with E-state index in [1.54, 1.807) is 6.07 Å². The van der Waals surface area contributed by atoms with Crippen molar-refractivity contribution in [3.63, 3.8) is 0 Å². The average molecular weight is 392 g/mol. The topological polar surface area (TPSA) is 101 Å². The molecule has 4 rings (SSSR count). The van der Waals surface area contributed by atoms with Crippen LogP contribution in [0.3, 0.4) is 0 Å². The van der Waals surface area contributed by atoms with Crippen LogP contribution in [0.5, 0.6) is 0 Å². The van der Waals surface area contributed by atoms with Crippen LogP contribution in [0.4, 0.5) is 19.0 Å². The summed E-state index contributed by atoms with van der Waals surface area (Å²) in [5.74, 6) is -1.03. The van der Waals surface area contributed by atoms with Crippen LogP contribution in [0.2, 0.25) is 0 Å². The van der Waals surface area contributed by atoms with E-state index < -0.39 is 12.0 Å². The molecule has 12 heteroatoms. The third-order valence-electron chi connectivity index (χ3n) is 4.47. The molecule has 4 heterocycles. The molecule has 0 atom stereocenters. The summed E-state index contributed by atoms with van der Waals surface area (Å²) in [4.78, 5) is 21.7. The summed E-state index contributed by atoms with van der Waals surface area (Å²) >= 11 is 0. The molecule has 1 saturated heterocycles. The maximum absolute atomic E-state index is 13.0. The van der Waals surface area contributed by atoms with Crippen molar-refractivity contribution in [2.45, 2.75) is 25.1 Å². The van der Waals surface area contributed by atoms with Gasteiger partial charge in [0.1, 0.15) is 17.8 Å². The highest BCUT2D eigenvalue weighted by atomic mass is 19.4. The summed E-state index contributed by atoms with van der Waals surface area (Å²) in [5, 5.41) is 13.6. The molecule has 0 aromatic carbocycles. The largest absolute Gasteiger partial charge is 0.453 e. The lowest BCUT2D eigenvalue weighted by Gasteiger charge is -2.33. The number of amides is 1. The van der Waals surface area contributed by atoms with Gasteiger partial charge in [0.25, 0.3) is 11.7 Å². The minimum atomic E-state index is -4.64. The van der Waals surface area contributed by atoms with Crippen LogP contribution >= 0.6 is 0 Å². The Morgan fingerprint density at radius 2 is 1.93 bits per heavy atom. The standard InChI is InChI=1S/C16H15F3N8O/c17-16(18,19)15-24-23-12-1-2-13(25-27(12)15)26-7-4-10(5-8-26)22-14(28)11-3-6-20-9-21-11/h1-3,6,9-10H,4-5,7-8H2,(H,22,28). The normalized spacial score (nSPS) is 15.8. The first kappa shape index (κ1) is 18.1. The number of anilines is 1. The number of carbonyl (C=O) groups is 1. The number of hydrogen-bond acceptors (Lipinski definition) is 7. The van der Waals surface area contributed by atoms with Crippen molar-refractivity contribution in [2.75, 3.05) is 18.0 Å². The number of carbonyl (C=O) groups excluding carboxylic acids is 1. The van der Waals surface area contributed by atoms with Gasteiger partial charge in [-0.1, -0.05) is 0 Å². The Bertz CT molecular complexity index is 982. The Morgan fingerprint density at radius 1 is 1.14 bits per heavy atom. The SMILES string of the molecule is O=C(NC1CCN(c2ccc3nnc(C(F)(F)F)n3n2)CC1)c1ccncn1. The van der Waals surface area contributed by atoms with Crippen molar-refractivity contribution in [2.24, 2.45) is 0 Å². The van der Waals surface area contributed by atoms with Gasteiger partial charge in [0, 0.05) is 25.3 Å². The van der Waals surface area contributed by atoms with Crippen LogP contribution in [-0.4, -0.2) is 54.8 Å². The van der Waals surface area contributed by atoms with Crippen molar-refractivity contribution in [3.8, 4) is 0 Å². The van der Waals surface area contributed by atoms with Crippen LogP contribution in [0.15, 0.2) is 30.7 Å². The second kappa shape index (κ2) is 7.02. The predicted molar refractivity (Wildman–Crippen MR) is 90.5 cm³/mol. The molecular formula is C16H15F3N8O. The summed E-state index contributed by atoms with van der Waals surface area (Å²) in [7, 11) is 0. The third kappa shape index (κ3) is 3.57. The predicted octanol–water partition coefficient (Wildman–Crippen LogP) is 1.33. The van der Waals surface area contributed by atoms with Crippen molar-refractivity contribution in [3.05, 3.63) is 42.2 Å². The van der Waals surface area contributed by atoms with E-state index in [2.05, 4.69) is 30.6 Å². The molecule has 0 bridgehead atoms. The van der Waals surface area contributed by atoms with E-state index >= 15 is 0 Å². The van der Waals surface area contributed by atoms with E-state index in [0.29, 0.717) is 36.3 Å². The number of aromatic nitrogens is 6. The summed E-state index contributed by atoms with van der Waals surface area (Å²) in [5.41, 5.74) is 0.319. The van der Waals surface area contributed by atoms with Crippen molar-refractivity contribution >= 4 is 17.4 Å². The Hall–Kier alpha value is -3.31. The third-order valence-corrected chi connectivity index (χ3v) is 4.47. The van der Waals surface area contributed by atoms with Gasteiger partial charge in [-0.15, -0.1) is 15.3 Å². The number of rotatable bonds is 3. The number of fused-ring (bicyclic) bond motifs is 1. The summed E-state index contributed by atoms with van der Waals surface area (Å²) in [6, 6.07) is 4.54. The number of piperidine rings is 1. The molecule has 0 aliphatic carbocycles. The van der Waals surface area contributed by atoms with E-state index in [1.165, 1.54) is 24.7 Å². The van der Waals surface area contributed by atoms with E-state index in [-0.39, 0.29) is 23.3 Å². The van der Waals surface area contributed by atoms with Gasteiger partial charge in [-0.25, -0.2) is 9.97 Å². The molecule has 9 nitrogen and oxygen atoms in total. The van der Waals surface area contributed by atoms with Crippen molar-refractivity contribution in [1.29, 1.82) is 0 Å². The molecule has 28 heavy (non-hydrogen) atoms. The molecule has 1 amide bonds. The highest BCUT2D eigenvalue weighted by Gasteiger charge is 2.38. The van der Waals surface area contributed by atoms with Gasteiger partial charge in [0.2, 0.25) is 0 Å². The van der Waals surface area contributed by atoms with E-state index in [1.807, 2.05) is 4.90 Å². The first-order chi connectivity index (χ1) is 13.4. The van der Waals surface area contributed by atoms with Gasteiger partial charge in [0.15, 0.2) is 5.65 Å². The van der Waals surface area contributed by atoms with Gasteiger partial charge >= 0.3 is 6.18 Å². The minimum absolute atomic E-state index is 0.0306. The van der Waals surface area contributed by atoms with Gasteiger partial charge in [-0.3, -0.25) is 4.79 Å². The molecule has 1 aliphatic heterocycles. The zero-order valence-corrected chi connectivity index (χ0v) is 14.5. The maximum atomic E-state index is 13.0. The Morgan fingerprint density at radius 3 is 2.61 bits per heavy atom. The van der Waals surface area contributed by atoms with Crippen LogP contribution in [0, 0.1) is 0 Å². The molecule has 0 spiro atoms. The number of hydrogen-bond donors (Lipinski definition) is 1. The Kier molecular flexibility index (Phi) is 4.53. The Labute approximate surface area is 156 Å². The maximum Gasteiger partial charge on any atom is 0.453 e. The lowest BCUT2D eigenvalue weighted by molar-refractivity contribution is -0.146. The fourth-order valence-electron chi connectivity index (χ4n) is 3.06. The second-order valence-electron chi connectivity index (χ2n) is 6.31. The molecule has 1 N–H and O–H groups in total. The lowest BCUT2D eigenvalue weighted by atomic mass is 10.0. The van der Waals surface area contributed by atoms with Gasteiger partial charge in [-0.2, -0.15) is 17.7 Å². The minimum Gasteiger partial charge on any atom is -0.355 e. The smallest absolute Gasteiger partial charge is 0.355 e. The van der Waals surface area contributed by atoms with Crippen LogP contribution < -0.4 is 10.2 Å². The fraction of sp³-hybridized carbons (Fsp3) is 0.375. The number of nitrogens with zero attached hydrogens (tertiary/aromatic N) is 7. The van der Waals surface area contributed by atoms with Crippen LogP contribution in [-0.2, 0) is 6.18 Å². The molecule has 0 unspecified atom stereocenters. The Balaban J connectivity index is 1.43. The van der Waals surface area contributed by atoms with Crippen LogP contribution in [0.25, 0.3) is 5.65 Å². The van der Waals surface area contributed by atoms with E-state index in [9.17, 15) is 18.0 Å². The molecule has 3 aromatic rings. The number of alkyl halides is 3. The van der Waals surface area contributed by atoms with Crippen LogP contribution in [0.1, 0.15) is 29.2 Å². The monoisotopic (exact) mass is 392 g/mol. The number of halogens is 3. The van der Waals surface area contributed by atoms with Gasteiger partial charge in [0.05, 0.1) is 0 Å². The van der Waals surface area contributed by atoms with E-state index in [0.717, 1.165) is 0 Å². The highest BCUT2D eigenvalue weighted by Crippen LogP contribution is 2.28. The summed E-state index contributed by atoms with van der Waals surface area (Å²) in [6.45, 7) is 1.08. The summed E-state index contributed by atoms with van der Waals surface area (Å²) in [6.07, 6.45) is -0.578. The molecule has 1 aliphatic rings. The van der Waals surface area contributed by atoms with Crippen molar-refractivity contribution < 1.29 is 18.0 Å². The molecule has 1 fully saturated rings. The summed E-state index contributed by atoms with van der Waals surface area (Å²) < 4.78 is 39.7.